The minimum Gasteiger partial charge on any atom is -0.366 e. The van der Waals surface area contributed by atoms with Crippen LogP contribution in [0.3, 0.4) is 0 Å². The monoisotopic (exact) mass is 242 g/mol. The van der Waals surface area contributed by atoms with Gasteiger partial charge in [-0.15, -0.1) is 0 Å². The Morgan fingerprint density at radius 2 is 2.31 bits per heavy atom. The lowest BCUT2D eigenvalue weighted by molar-refractivity contribution is -0.112. The molecule has 1 aromatic rings. The van der Waals surface area contributed by atoms with Crippen LogP contribution in [0.2, 0.25) is 0 Å². The number of piperidine rings is 1. The van der Waals surface area contributed by atoms with E-state index in [1.807, 2.05) is 0 Å². The first kappa shape index (κ1) is 11.3. The molecule has 1 N–H and O–H groups in total. The second kappa shape index (κ2) is 4.39. The molecule has 2 rings (SSSR count). The highest BCUT2D eigenvalue weighted by Gasteiger charge is 2.30. The number of aromatic nitrogens is 1. The number of nitrogens with one attached hydrogen (secondary N) is 1. The molecular weight excluding hydrogens is 228 g/mol. The highest BCUT2D eigenvalue weighted by molar-refractivity contribution is 7.89. The Bertz CT molecular complexity index is 452. The summed E-state index contributed by atoms with van der Waals surface area (Å²) in [5, 5.41) is 0. The molecule has 1 aliphatic rings. The molecule has 6 heteroatoms. The summed E-state index contributed by atoms with van der Waals surface area (Å²) in [4.78, 5) is 13.7. The van der Waals surface area contributed by atoms with Crippen molar-refractivity contribution in [3.05, 3.63) is 18.5 Å². The van der Waals surface area contributed by atoms with Crippen molar-refractivity contribution in [2.45, 2.75) is 17.7 Å². The number of aromatic amines is 1. The van der Waals surface area contributed by atoms with Crippen LogP contribution in [0.15, 0.2) is 23.4 Å². The molecule has 5 nitrogen and oxygen atoms in total. The quantitative estimate of drug-likeness (QED) is 0.790. The van der Waals surface area contributed by atoms with Crippen molar-refractivity contribution >= 4 is 16.3 Å². The predicted octanol–water partition coefficient (Wildman–Crippen LogP) is 0.614. The molecule has 1 atom stereocenters. The van der Waals surface area contributed by atoms with Crippen molar-refractivity contribution in [3.8, 4) is 0 Å². The lowest BCUT2D eigenvalue weighted by atomic mass is 10.0. The fourth-order valence-electron chi connectivity index (χ4n) is 1.92. The molecule has 0 spiro atoms. The molecule has 0 bridgehead atoms. The third-order valence-electron chi connectivity index (χ3n) is 2.82. The minimum absolute atomic E-state index is 0.164. The Morgan fingerprint density at radius 3 is 2.94 bits per heavy atom. The van der Waals surface area contributed by atoms with Crippen LogP contribution in [0, 0.1) is 5.92 Å². The number of carbonyl (C=O) groups is 1. The maximum atomic E-state index is 12.1. The summed E-state index contributed by atoms with van der Waals surface area (Å²) in [7, 11) is -3.42. The van der Waals surface area contributed by atoms with Crippen LogP contribution in [0.25, 0.3) is 0 Å². The average molecular weight is 242 g/mol. The van der Waals surface area contributed by atoms with Gasteiger partial charge in [-0.1, -0.05) is 0 Å². The summed E-state index contributed by atoms with van der Waals surface area (Å²) in [5.74, 6) is -0.164. The largest absolute Gasteiger partial charge is 0.366 e. The molecule has 0 amide bonds. The van der Waals surface area contributed by atoms with E-state index in [2.05, 4.69) is 4.98 Å². The molecule has 0 radical (unpaired) electrons. The molecular formula is C10H14N2O3S. The first-order chi connectivity index (χ1) is 7.64. The molecule has 0 aromatic carbocycles. The van der Waals surface area contributed by atoms with E-state index < -0.39 is 10.0 Å². The summed E-state index contributed by atoms with van der Waals surface area (Å²) in [6.07, 6.45) is 5.41. The minimum atomic E-state index is -3.42. The molecule has 1 saturated heterocycles. The topological polar surface area (TPSA) is 70.2 Å². The smallest absolute Gasteiger partial charge is 0.244 e. The summed E-state index contributed by atoms with van der Waals surface area (Å²) >= 11 is 0. The fourth-order valence-corrected chi connectivity index (χ4v) is 3.43. The summed E-state index contributed by atoms with van der Waals surface area (Å²) < 4.78 is 25.6. The predicted molar refractivity (Wildman–Crippen MR) is 58.3 cm³/mol. The van der Waals surface area contributed by atoms with Gasteiger partial charge in [-0.3, -0.25) is 0 Å². The van der Waals surface area contributed by atoms with Crippen molar-refractivity contribution in [3.63, 3.8) is 0 Å². The van der Waals surface area contributed by atoms with Gasteiger partial charge in [0.1, 0.15) is 6.29 Å². The number of carbonyl (C=O) groups excluding carboxylic acids is 1. The number of H-pyrrole nitrogens is 1. The van der Waals surface area contributed by atoms with E-state index >= 15 is 0 Å². The SMILES string of the molecule is O=CC1CCCN(S(=O)(=O)c2cc[nH]c2)C1. The summed E-state index contributed by atoms with van der Waals surface area (Å²) in [6, 6.07) is 1.53. The maximum absolute atomic E-state index is 12.1. The Morgan fingerprint density at radius 1 is 1.50 bits per heavy atom. The van der Waals surface area contributed by atoms with Crippen molar-refractivity contribution in [2.24, 2.45) is 5.92 Å². The molecule has 1 unspecified atom stereocenters. The zero-order chi connectivity index (χ0) is 11.6. The van der Waals surface area contributed by atoms with Crippen LogP contribution in [0.1, 0.15) is 12.8 Å². The number of hydrogen-bond donors (Lipinski definition) is 1. The van der Waals surface area contributed by atoms with Gasteiger partial charge in [0.2, 0.25) is 10.0 Å². The highest BCUT2D eigenvalue weighted by Crippen LogP contribution is 2.22. The maximum Gasteiger partial charge on any atom is 0.244 e. The molecule has 88 valence electrons. The number of rotatable bonds is 3. The van der Waals surface area contributed by atoms with Crippen molar-refractivity contribution < 1.29 is 13.2 Å². The van der Waals surface area contributed by atoms with Gasteiger partial charge in [0.05, 0.1) is 4.90 Å². The van der Waals surface area contributed by atoms with Crippen LogP contribution in [0.4, 0.5) is 0 Å². The molecule has 1 aromatic heterocycles. The first-order valence-electron chi connectivity index (χ1n) is 5.23. The number of nitrogens with zero attached hydrogens (tertiary/aromatic N) is 1. The summed E-state index contributed by atoms with van der Waals surface area (Å²) in [6.45, 7) is 0.800. The van der Waals surface area contributed by atoms with E-state index in [0.29, 0.717) is 13.1 Å². The Labute approximate surface area is 94.5 Å². The zero-order valence-corrected chi connectivity index (χ0v) is 9.61. The molecule has 2 heterocycles. The van der Waals surface area contributed by atoms with E-state index in [-0.39, 0.29) is 10.8 Å². The first-order valence-corrected chi connectivity index (χ1v) is 6.67. The van der Waals surface area contributed by atoms with Gasteiger partial charge in [0.15, 0.2) is 0 Å². The van der Waals surface area contributed by atoms with Gasteiger partial charge in [-0.05, 0) is 18.9 Å². The van der Waals surface area contributed by atoms with Crippen molar-refractivity contribution in [1.82, 2.24) is 9.29 Å². The second-order valence-corrected chi connectivity index (χ2v) is 5.89. The number of hydrogen-bond acceptors (Lipinski definition) is 3. The van der Waals surface area contributed by atoms with Gasteiger partial charge in [-0.25, -0.2) is 8.42 Å². The lowest BCUT2D eigenvalue weighted by Gasteiger charge is -2.28. The molecule has 16 heavy (non-hydrogen) atoms. The Kier molecular flexibility index (Phi) is 3.11. The molecule has 0 aliphatic carbocycles. The number of sulfonamides is 1. The van der Waals surface area contributed by atoms with E-state index in [1.165, 1.54) is 16.6 Å². The van der Waals surface area contributed by atoms with Crippen molar-refractivity contribution in [1.29, 1.82) is 0 Å². The van der Waals surface area contributed by atoms with E-state index in [0.717, 1.165) is 19.1 Å². The van der Waals surface area contributed by atoms with Gasteiger partial charge >= 0.3 is 0 Å². The summed E-state index contributed by atoms with van der Waals surface area (Å²) in [5.41, 5.74) is 0. The standard InChI is InChI=1S/C10H14N2O3S/c13-8-9-2-1-5-12(7-9)16(14,15)10-3-4-11-6-10/h3-4,6,8-9,11H,1-2,5,7H2. The van der Waals surface area contributed by atoms with Gasteiger partial charge in [-0.2, -0.15) is 4.31 Å². The van der Waals surface area contributed by atoms with Gasteiger partial charge in [0, 0.05) is 31.4 Å². The second-order valence-electron chi connectivity index (χ2n) is 3.95. The van der Waals surface area contributed by atoms with Crippen LogP contribution in [-0.4, -0.2) is 37.1 Å². The van der Waals surface area contributed by atoms with Gasteiger partial charge in [0.25, 0.3) is 0 Å². The Balaban J connectivity index is 2.21. The third-order valence-corrected chi connectivity index (χ3v) is 4.68. The normalized spacial score (nSPS) is 23.1. The average Bonchev–Trinajstić information content (AvgIpc) is 2.83. The van der Waals surface area contributed by atoms with Gasteiger partial charge < -0.3 is 9.78 Å². The van der Waals surface area contributed by atoms with Crippen LogP contribution in [0.5, 0.6) is 0 Å². The molecule has 0 saturated carbocycles. The highest BCUT2D eigenvalue weighted by atomic mass is 32.2. The number of aldehydes is 1. The van der Waals surface area contributed by atoms with E-state index in [1.54, 1.807) is 6.20 Å². The van der Waals surface area contributed by atoms with Crippen LogP contribution >= 0.6 is 0 Å². The van der Waals surface area contributed by atoms with E-state index in [4.69, 9.17) is 0 Å². The Hall–Kier alpha value is -1.14. The third kappa shape index (κ3) is 2.03. The lowest BCUT2D eigenvalue weighted by Crippen LogP contribution is -2.40. The van der Waals surface area contributed by atoms with Crippen LogP contribution in [-0.2, 0) is 14.8 Å². The van der Waals surface area contributed by atoms with E-state index in [9.17, 15) is 13.2 Å². The molecule has 1 fully saturated rings. The zero-order valence-electron chi connectivity index (χ0n) is 8.80. The fraction of sp³-hybridized carbons (Fsp3) is 0.500. The van der Waals surface area contributed by atoms with Crippen molar-refractivity contribution in [2.75, 3.05) is 13.1 Å². The molecule has 1 aliphatic heterocycles. The van der Waals surface area contributed by atoms with Crippen LogP contribution < -0.4 is 0 Å².